The minimum Gasteiger partial charge on any atom is -0.447 e. The van der Waals surface area contributed by atoms with Crippen molar-refractivity contribution in [3.63, 3.8) is 0 Å². The van der Waals surface area contributed by atoms with Crippen molar-refractivity contribution in [1.29, 1.82) is 0 Å². The van der Waals surface area contributed by atoms with Crippen molar-refractivity contribution < 1.29 is 19.4 Å². The average molecular weight is 161 g/mol. The number of aliphatic hydroxyl groups is 1. The van der Waals surface area contributed by atoms with Gasteiger partial charge in [0.2, 0.25) is 0 Å². The maximum atomic E-state index is 10.1. The Labute approximate surface area is 64.1 Å². The first kappa shape index (κ1) is 8.29. The van der Waals surface area contributed by atoms with Gasteiger partial charge in [0.1, 0.15) is 6.61 Å². The van der Waals surface area contributed by atoms with Crippen LogP contribution in [0.15, 0.2) is 0 Å². The first-order chi connectivity index (χ1) is 5.18. The number of carbonyl (C=O) groups is 1. The van der Waals surface area contributed by atoms with Gasteiger partial charge in [0.15, 0.2) is 0 Å². The minimum absolute atomic E-state index is 0.131. The molecule has 1 fully saturated rings. The summed E-state index contributed by atoms with van der Waals surface area (Å²) in [5.41, 5.74) is 4.73. The number of rotatable bonds is 2. The third-order valence-electron chi connectivity index (χ3n) is 1.47. The normalized spacial score (nSPS) is 30.3. The molecule has 11 heavy (non-hydrogen) atoms. The Balaban J connectivity index is 2.13. The summed E-state index contributed by atoms with van der Waals surface area (Å²) in [7, 11) is 0. The molecule has 0 radical (unpaired) electrons. The topological polar surface area (TPSA) is 81.8 Å². The van der Waals surface area contributed by atoms with Crippen molar-refractivity contribution in [2.75, 3.05) is 13.2 Å². The SMILES string of the molecule is NC(=O)OCC1CC(O)CO1. The van der Waals surface area contributed by atoms with Crippen LogP contribution in [0.3, 0.4) is 0 Å². The van der Waals surface area contributed by atoms with E-state index in [1.807, 2.05) is 0 Å². The highest BCUT2D eigenvalue weighted by molar-refractivity contribution is 5.64. The zero-order valence-corrected chi connectivity index (χ0v) is 6.03. The zero-order chi connectivity index (χ0) is 8.27. The molecule has 64 valence electrons. The molecule has 1 amide bonds. The number of hydrogen-bond donors (Lipinski definition) is 2. The summed E-state index contributed by atoms with van der Waals surface area (Å²) in [6.45, 7) is 0.444. The summed E-state index contributed by atoms with van der Waals surface area (Å²) in [6.07, 6.45) is -0.934. The molecule has 0 spiro atoms. The number of ether oxygens (including phenoxy) is 2. The number of carbonyl (C=O) groups excluding carboxylic acids is 1. The summed E-state index contributed by atoms with van der Waals surface area (Å²) in [6, 6.07) is 0. The van der Waals surface area contributed by atoms with Crippen LogP contribution >= 0.6 is 0 Å². The lowest BCUT2D eigenvalue weighted by Crippen LogP contribution is -2.21. The van der Waals surface area contributed by atoms with E-state index in [-0.39, 0.29) is 12.7 Å². The Hall–Kier alpha value is -0.810. The maximum Gasteiger partial charge on any atom is 0.404 e. The zero-order valence-electron chi connectivity index (χ0n) is 6.03. The summed E-state index contributed by atoms with van der Waals surface area (Å²) < 4.78 is 9.51. The molecule has 3 N–H and O–H groups in total. The van der Waals surface area contributed by atoms with Gasteiger partial charge in [-0.3, -0.25) is 0 Å². The van der Waals surface area contributed by atoms with Gasteiger partial charge in [0.05, 0.1) is 18.8 Å². The fraction of sp³-hybridized carbons (Fsp3) is 0.833. The van der Waals surface area contributed by atoms with Crippen LogP contribution in [0, 0.1) is 0 Å². The van der Waals surface area contributed by atoms with Gasteiger partial charge in [0.25, 0.3) is 0 Å². The summed E-state index contributed by atoms with van der Waals surface area (Å²) in [5.74, 6) is 0. The van der Waals surface area contributed by atoms with Gasteiger partial charge < -0.3 is 20.3 Å². The third kappa shape index (κ3) is 2.73. The molecule has 0 bridgehead atoms. The highest BCUT2D eigenvalue weighted by Crippen LogP contribution is 2.12. The molecule has 5 nitrogen and oxygen atoms in total. The smallest absolute Gasteiger partial charge is 0.404 e. The van der Waals surface area contributed by atoms with Crippen LogP contribution < -0.4 is 5.73 Å². The molecule has 1 saturated heterocycles. The monoisotopic (exact) mass is 161 g/mol. The molecule has 2 atom stereocenters. The minimum atomic E-state index is -0.810. The second-order valence-electron chi connectivity index (χ2n) is 2.47. The lowest BCUT2D eigenvalue weighted by molar-refractivity contribution is 0.0419. The van der Waals surface area contributed by atoms with E-state index in [0.717, 1.165) is 0 Å². The Morgan fingerprint density at radius 1 is 1.82 bits per heavy atom. The number of aliphatic hydroxyl groups excluding tert-OH is 1. The number of hydrogen-bond acceptors (Lipinski definition) is 4. The molecule has 0 saturated carbocycles. The molecule has 1 aliphatic heterocycles. The molecule has 1 aliphatic rings. The predicted octanol–water partition coefficient (Wildman–Crippen LogP) is -0.769. The lowest BCUT2D eigenvalue weighted by Gasteiger charge is -2.07. The van der Waals surface area contributed by atoms with Crippen molar-refractivity contribution in [1.82, 2.24) is 0 Å². The summed E-state index contributed by atoms with van der Waals surface area (Å²) in [5, 5.41) is 8.97. The quantitative estimate of drug-likeness (QED) is 0.557. The highest BCUT2D eigenvalue weighted by atomic mass is 16.6. The lowest BCUT2D eigenvalue weighted by atomic mass is 10.2. The van der Waals surface area contributed by atoms with Crippen LogP contribution in [0.25, 0.3) is 0 Å². The van der Waals surface area contributed by atoms with Gasteiger partial charge in [-0.2, -0.15) is 0 Å². The van der Waals surface area contributed by atoms with Gasteiger partial charge in [0, 0.05) is 6.42 Å². The first-order valence-corrected chi connectivity index (χ1v) is 3.40. The van der Waals surface area contributed by atoms with E-state index in [4.69, 9.17) is 15.6 Å². The average Bonchev–Trinajstić information content (AvgIpc) is 2.31. The Bertz CT molecular complexity index is 150. The van der Waals surface area contributed by atoms with E-state index in [0.29, 0.717) is 13.0 Å². The van der Waals surface area contributed by atoms with Gasteiger partial charge in [-0.1, -0.05) is 0 Å². The molecule has 5 heteroatoms. The van der Waals surface area contributed by atoms with Gasteiger partial charge in [-0.05, 0) is 0 Å². The van der Waals surface area contributed by atoms with E-state index < -0.39 is 12.2 Å². The summed E-state index contributed by atoms with van der Waals surface area (Å²) in [4.78, 5) is 10.1. The highest BCUT2D eigenvalue weighted by Gasteiger charge is 2.24. The molecular weight excluding hydrogens is 150 g/mol. The molecule has 1 heterocycles. The van der Waals surface area contributed by atoms with Gasteiger partial charge in [-0.15, -0.1) is 0 Å². The Kier molecular flexibility index (Phi) is 2.67. The van der Waals surface area contributed by atoms with Crippen molar-refractivity contribution in [2.24, 2.45) is 5.73 Å². The van der Waals surface area contributed by atoms with Gasteiger partial charge >= 0.3 is 6.09 Å². The molecule has 2 unspecified atom stereocenters. The van der Waals surface area contributed by atoms with E-state index in [9.17, 15) is 4.79 Å². The first-order valence-electron chi connectivity index (χ1n) is 3.40. The molecule has 0 aromatic carbocycles. The Morgan fingerprint density at radius 3 is 3.00 bits per heavy atom. The fourth-order valence-corrected chi connectivity index (χ4v) is 0.978. The molecule has 0 aromatic heterocycles. The van der Waals surface area contributed by atoms with Crippen LogP contribution in [0.5, 0.6) is 0 Å². The predicted molar refractivity (Wildman–Crippen MR) is 35.9 cm³/mol. The van der Waals surface area contributed by atoms with E-state index >= 15 is 0 Å². The third-order valence-corrected chi connectivity index (χ3v) is 1.47. The number of amides is 1. The maximum absolute atomic E-state index is 10.1. The second kappa shape index (κ2) is 3.54. The van der Waals surface area contributed by atoms with Crippen LogP contribution in [-0.2, 0) is 9.47 Å². The van der Waals surface area contributed by atoms with Crippen LogP contribution in [-0.4, -0.2) is 36.6 Å². The fourth-order valence-electron chi connectivity index (χ4n) is 0.978. The van der Waals surface area contributed by atoms with Gasteiger partial charge in [-0.25, -0.2) is 4.79 Å². The van der Waals surface area contributed by atoms with Crippen molar-refractivity contribution in [3.05, 3.63) is 0 Å². The standard InChI is InChI=1S/C6H11NO4/c7-6(9)11-3-5-1-4(8)2-10-5/h4-5,8H,1-3H2,(H2,7,9). The van der Waals surface area contributed by atoms with Crippen molar-refractivity contribution in [3.8, 4) is 0 Å². The van der Waals surface area contributed by atoms with Crippen molar-refractivity contribution >= 4 is 6.09 Å². The number of primary amides is 1. The molecule has 0 aromatic rings. The van der Waals surface area contributed by atoms with Crippen LogP contribution in [0.1, 0.15) is 6.42 Å². The second-order valence-corrected chi connectivity index (χ2v) is 2.47. The summed E-state index contributed by atoms with van der Waals surface area (Å²) >= 11 is 0. The van der Waals surface area contributed by atoms with Crippen LogP contribution in [0.2, 0.25) is 0 Å². The molecule has 0 aliphatic carbocycles. The molecular formula is C6H11NO4. The number of nitrogens with two attached hydrogens (primary N) is 1. The van der Waals surface area contributed by atoms with E-state index in [1.165, 1.54) is 0 Å². The Morgan fingerprint density at radius 2 is 2.55 bits per heavy atom. The van der Waals surface area contributed by atoms with E-state index in [2.05, 4.69) is 4.74 Å². The van der Waals surface area contributed by atoms with Crippen molar-refractivity contribution in [2.45, 2.75) is 18.6 Å². The largest absolute Gasteiger partial charge is 0.447 e. The van der Waals surface area contributed by atoms with Crippen LogP contribution in [0.4, 0.5) is 4.79 Å². The molecule has 1 rings (SSSR count). The van der Waals surface area contributed by atoms with E-state index in [1.54, 1.807) is 0 Å².